The van der Waals surface area contributed by atoms with Gasteiger partial charge in [0.1, 0.15) is 9.71 Å². The van der Waals surface area contributed by atoms with Crippen LogP contribution in [0.4, 0.5) is 5.69 Å². The van der Waals surface area contributed by atoms with Gasteiger partial charge < -0.3 is 11.1 Å². The van der Waals surface area contributed by atoms with Gasteiger partial charge in [0.15, 0.2) is 0 Å². The lowest BCUT2D eigenvalue weighted by molar-refractivity contribution is 0.0933. The maximum Gasteiger partial charge on any atom is 0.263 e. The molecule has 2 rings (SSSR count). The van der Waals surface area contributed by atoms with Crippen molar-refractivity contribution in [3.05, 3.63) is 23.2 Å². The van der Waals surface area contributed by atoms with Crippen molar-refractivity contribution in [3.8, 4) is 0 Å². The molecule has 0 aliphatic rings. The Hall–Kier alpha value is -1.62. The van der Waals surface area contributed by atoms with E-state index in [-0.39, 0.29) is 11.9 Å². The monoisotopic (exact) mass is 277 g/mol. The highest BCUT2D eigenvalue weighted by Crippen LogP contribution is 2.31. The number of thiophene rings is 1. The van der Waals surface area contributed by atoms with Crippen molar-refractivity contribution in [3.63, 3.8) is 0 Å². The van der Waals surface area contributed by atoms with Crippen LogP contribution in [0.25, 0.3) is 10.2 Å². The summed E-state index contributed by atoms with van der Waals surface area (Å²) in [7, 11) is 0. The van der Waals surface area contributed by atoms with E-state index in [0.717, 1.165) is 16.6 Å². The van der Waals surface area contributed by atoms with Crippen molar-refractivity contribution >= 4 is 33.1 Å². The summed E-state index contributed by atoms with van der Waals surface area (Å²) in [6.45, 7) is 6.26. The van der Waals surface area contributed by atoms with Crippen molar-refractivity contribution in [2.75, 3.05) is 5.73 Å². The zero-order valence-electron chi connectivity index (χ0n) is 11.4. The molecule has 2 heterocycles. The molecule has 19 heavy (non-hydrogen) atoms. The van der Waals surface area contributed by atoms with Crippen LogP contribution in [0.2, 0.25) is 0 Å². The molecule has 2 aromatic rings. The van der Waals surface area contributed by atoms with Gasteiger partial charge >= 0.3 is 0 Å². The molecule has 1 amide bonds. The van der Waals surface area contributed by atoms with E-state index in [1.807, 2.05) is 19.1 Å². The van der Waals surface area contributed by atoms with Crippen LogP contribution in [0, 0.1) is 5.92 Å². The Kier molecular flexibility index (Phi) is 4.04. The second-order valence-corrected chi connectivity index (χ2v) is 5.85. The van der Waals surface area contributed by atoms with Gasteiger partial charge in [-0.2, -0.15) is 0 Å². The van der Waals surface area contributed by atoms with E-state index in [1.54, 1.807) is 6.20 Å². The number of anilines is 1. The topological polar surface area (TPSA) is 68.0 Å². The number of fused-ring (bicyclic) bond motifs is 1. The number of nitrogens with two attached hydrogens (primary N) is 1. The van der Waals surface area contributed by atoms with E-state index < -0.39 is 0 Å². The highest BCUT2D eigenvalue weighted by atomic mass is 32.1. The Morgan fingerprint density at radius 3 is 2.89 bits per heavy atom. The first kappa shape index (κ1) is 13.8. The van der Waals surface area contributed by atoms with Gasteiger partial charge in [0.2, 0.25) is 0 Å². The molecule has 0 bridgehead atoms. The number of hydrogen-bond donors (Lipinski definition) is 2. The molecule has 4 nitrogen and oxygen atoms in total. The number of carbonyl (C=O) groups is 1. The van der Waals surface area contributed by atoms with Gasteiger partial charge in [-0.25, -0.2) is 4.98 Å². The molecule has 0 aromatic carbocycles. The third kappa shape index (κ3) is 2.71. The maximum absolute atomic E-state index is 12.3. The summed E-state index contributed by atoms with van der Waals surface area (Å²) in [5, 5.41) is 3.87. The van der Waals surface area contributed by atoms with Gasteiger partial charge in [0.05, 0.1) is 5.69 Å². The number of nitrogen functional groups attached to an aromatic ring is 1. The van der Waals surface area contributed by atoms with Crippen LogP contribution in [0.5, 0.6) is 0 Å². The molecule has 2 aromatic heterocycles. The van der Waals surface area contributed by atoms with Crippen molar-refractivity contribution in [1.82, 2.24) is 10.3 Å². The number of amides is 1. The molecular formula is C14H19N3OS. The fourth-order valence-corrected chi connectivity index (χ4v) is 2.85. The Bertz CT molecular complexity index is 593. The quantitative estimate of drug-likeness (QED) is 0.902. The molecule has 0 saturated heterocycles. The van der Waals surface area contributed by atoms with E-state index in [1.165, 1.54) is 11.3 Å². The average molecular weight is 277 g/mol. The zero-order chi connectivity index (χ0) is 14.0. The summed E-state index contributed by atoms with van der Waals surface area (Å²) in [5.41, 5.74) is 6.56. The molecule has 5 heteroatoms. The number of nitrogens with one attached hydrogen (secondary N) is 1. The van der Waals surface area contributed by atoms with E-state index in [9.17, 15) is 4.79 Å². The Labute approximate surface area is 117 Å². The SMILES string of the molecule is CCC(C)C(C)NC(=O)c1sc2ncccc2c1N. The number of pyridine rings is 1. The molecule has 0 saturated carbocycles. The lowest BCUT2D eigenvalue weighted by Gasteiger charge is -2.19. The summed E-state index contributed by atoms with van der Waals surface area (Å²) >= 11 is 1.35. The highest BCUT2D eigenvalue weighted by molar-refractivity contribution is 7.21. The molecule has 3 N–H and O–H groups in total. The van der Waals surface area contributed by atoms with Crippen LogP contribution in [0.1, 0.15) is 36.9 Å². The lowest BCUT2D eigenvalue weighted by atomic mass is 10.0. The molecule has 2 unspecified atom stereocenters. The Morgan fingerprint density at radius 1 is 1.53 bits per heavy atom. The van der Waals surface area contributed by atoms with Crippen molar-refractivity contribution < 1.29 is 4.79 Å². The van der Waals surface area contributed by atoms with Crippen molar-refractivity contribution in [2.45, 2.75) is 33.2 Å². The van der Waals surface area contributed by atoms with E-state index in [2.05, 4.69) is 24.1 Å². The van der Waals surface area contributed by atoms with Gasteiger partial charge in [-0.15, -0.1) is 11.3 Å². The summed E-state index contributed by atoms with van der Waals surface area (Å²) in [6.07, 6.45) is 2.74. The Balaban J connectivity index is 2.24. The standard InChI is InChI=1S/C14H19N3OS/c1-4-8(2)9(3)17-13(18)12-11(15)10-6-5-7-16-14(10)19-12/h5-9H,4,15H2,1-3H3,(H,17,18). The fraction of sp³-hybridized carbons (Fsp3) is 0.429. The van der Waals surface area contributed by atoms with Crippen LogP contribution in [0.3, 0.4) is 0 Å². The molecular weight excluding hydrogens is 258 g/mol. The molecule has 102 valence electrons. The first-order chi connectivity index (χ1) is 9.04. The van der Waals surface area contributed by atoms with Crippen molar-refractivity contribution in [1.29, 1.82) is 0 Å². The highest BCUT2D eigenvalue weighted by Gasteiger charge is 2.20. The van der Waals surface area contributed by atoms with Crippen LogP contribution < -0.4 is 11.1 Å². The normalized spacial score (nSPS) is 14.3. The smallest absolute Gasteiger partial charge is 0.263 e. The van der Waals surface area contributed by atoms with Crippen LogP contribution in [-0.2, 0) is 0 Å². The van der Waals surface area contributed by atoms with Gasteiger partial charge in [0, 0.05) is 17.6 Å². The minimum Gasteiger partial charge on any atom is -0.397 e. The third-order valence-electron chi connectivity index (χ3n) is 3.57. The second-order valence-electron chi connectivity index (χ2n) is 4.85. The zero-order valence-corrected chi connectivity index (χ0v) is 12.3. The molecule has 0 fully saturated rings. The molecule has 0 aliphatic carbocycles. The van der Waals surface area contributed by atoms with E-state index in [4.69, 9.17) is 5.73 Å². The first-order valence-corrected chi connectivity index (χ1v) is 7.30. The molecule has 0 spiro atoms. The number of rotatable bonds is 4. The predicted molar refractivity (Wildman–Crippen MR) is 80.4 cm³/mol. The fourth-order valence-electron chi connectivity index (χ4n) is 1.89. The van der Waals surface area contributed by atoms with Crippen LogP contribution in [0.15, 0.2) is 18.3 Å². The minimum atomic E-state index is -0.103. The average Bonchev–Trinajstić information content (AvgIpc) is 2.75. The summed E-state index contributed by atoms with van der Waals surface area (Å²) in [5.74, 6) is 0.339. The molecule has 2 atom stereocenters. The summed E-state index contributed by atoms with van der Waals surface area (Å²) in [6, 6.07) is 3.85. The molecule has 0 radical (unpaired) electrons. The van der Waals surface area contributed by atoms with Crippen molar-refractivity contribution in [2.24, 2.45) is 5.92 Å². The largest absolute Gasteiger partial charge is 0.397 e. The number of nitrogens with zero attached hydrogens (tertiary/aromatic N) is 1. The van der Waals surface area contributed by atoms with E-state index >= 15 is 0 Å². The van der Waals surface area contributed by atoms with Gasteiger partial charge in [-0.1, -0.05) is 20.3 Å². The first-order valence-electron chi connectivity index (χ1n) is 6.48. The summed E-state index contributed by atoms with van der Waals surface area (Å²) in [4.78, 5) is 17.9. The van der Waals surface area contributed by atoms with Gasteiger partial charge in [-0.3, -0.25) is 4.79 Å². The Morgan fingerprint density at radius 2 is 2.26 bits per heavy atom. The van der Waals surface area contributed by atoms with E-state index in [0.29, 0.717) is 16.5 Å². The number of hydrogen-bond acceptors (Lipinski definition) is 4. The van der Waals surface area contributed by atoms with Gasteiger partial charge in [-0.05, 0) is 25.0 Å². The maximum atomic E-state index is 12.3. The van der Waals surface area contributed by atoms with Crippen LogP contribution in [-0.4, -0.2) is 16.9 Å². The van der Waals surface area contributed by atoms with Gasteiger partial charge in [0.25, 0.3) is 5.91 Å². The predicted octanol–water partition coefficient (Wildman–Crippen LogP) is 3.04. The molecule has 0 aliphatic heterocycles. The number of carbonyl (C=O) groups excluding carboxylic acids is 1. The lowest BCUT2D eigenvalue weighted by Crippen LogP contribution is -2.36. The summed E-state index contributed by atoms with van der Waals surface area (Å²) < 4.78 is 0. The second kappa shape index (κ2) is 5.57. The number of aromatic nitrogens is 1. The minimum absolute atomic E-state index is 0.103. The third-order valence-corrected chi connectivity index (χ3v) is 4.70. The van der Waals surface area contributed by atoms with Crippen LogP contribution >= 0.6 is 11.3 Å².